The second kappa shape index (κ2) is 5.87. The summed E-state index contributed by atoms with van der Waals surface area (Å²) in [7, 11) is 0. The van der Waals surface area contributed by atoms with E-state index in [9.17, 15) is 18.7 Å². The Morgan fingerprint density at radius 1 is 1.74 bits per heavy atom. The first-order valence-electron chi connectivity index (χ1n) is 5.99. The molecule has 0 spiro atoms. The van der Waals surface area contributed by atoms with Crippen molar-refractivity contribution in [3.8, 4) is 0 Å². The standard InChI is InChI=1S/C14H17ClF2O2/c1-4-14(16,17)11-6-10(5-8(2)9(3)18)7-12(15)13(11)19/h4,7-8,11,19H,1,5-6H2,2-3H3/t8-,11?/m1/s1. The molecule has 0 saturated heterocycles. The summed E-state index contributed by atoms with van der Waals surface area (Å²) in [6.07, 6.45) is 2.31. The van der Waals surface area contributed by atoms with Crippen LogP contribution in [0.5, 0.6) is 0 Å². The van der Waals surface area contributed by atoms with Crippen molar-refractivity contribution in [2.45, 2.75) is 32.6 Å². The van der Waals surface area contributed by atoms with Gasteiger partial charge in [0.1, 0.15) is 11.5 Å². The lowest BCUT2D eigenvalue weighted by atomic mass is 9.83. The van der Waals surface area contributed by atoms with Gasteiger partial charge in [-0.2, -0.15) is 0 Å². The van der Waals surface area contributed by atoms with Gasteiger partial charge in [-0.05, 0) is 31.9 Å². The van der Waals surface area contributed by atoms with E-state index in [-0.39, 0.29) is 23.2 Å². The molecule has 1 aliphatic carbocycles. The van der Waals surface area contributed by atoms with Gasteiger partial charge in [-0.15, -0.1) is 0 Å². The van der Waals surface area contributed by atoms with Crippen LogP contribution in [0, 0.1) is 11.8 Å². The van der Waals surface area contributed by atoms with Gasteiger partial charge in [-0.25, -0.2) is 8.78 Å². The number of rotatable bonds is 5. The molecule has 5 heteroatoms. The molecule has 2 nitrogen and oxygen atoms in total. The van der Waals surface area contributed by atoms with E-state index < -0.39 is 17.6 Å². The highest BCUT2D eigenvalue weighted by atomic mass is 35.5. The van der Waals surface area contributed by atoms with Crippen molar-refractivity contribution >= 4 is 17.4 Å². The molecule has 1 rings (SSSR count). The zero-order valence-corrected chi connectivity index (χ0v) is 11.7. The number of allylic oxidation sites excluding steroid dienone is 5. The third-order valence-corrected chi connectivity index (χ3v) is 3.67. The number of carbonyl (C=O) groups excluding carboxylic acids is 1. The Bertz CT molecular complexity index is 452. The van der Waals surface area contributed by atoms with Gasteiger partial charge in [0.25, 0.3) is 5.92 Å². The van der Waals surface area contributed by atoms with Crippen LogP contribution < -0.4 is 0 Å². The predicted octanol–water partition coefficient (Wildman–Crippen LogP) is 4.38. The highest BCUT2D eigenvalue weighted by molar-refractivity contribution is 6.31. The minimum absolute atomic E-state index is 0.0113. The highest BCUT2D eigenvalue weighted by Crippen LogP contribution is 2.41. The first kappa shape index (κ1) is 15.9. The van der Waals surface area contributed by atoms with Crippen LogP contribution in [0.3, 0.4) is 0 Å². The van der Waals surface area contributed by atoms with Gasteiger partial charge in [-0.3, -0.25) is 4.79 Å². The number of aliphatic hydroxyl groups is 1. The van der Waals surface area contributed by atoms with Crippen molar-refractivity contribution in [3.05, 3.63) is 35.1 Å². The smallest absolute Gasteiger partial charge is 0.276 e. The molecule has 0 bridgehead atoms. The van der Waals surface area contributed by atoms with Crippen LogP contribution in [0.4, 0.5) is 8.78 Å². The lowest BCUT2D eigenvalue weighted by Crippen LogP contribution is -2.30. The summed E-state index contributed by atoms with van der Waals surface area (Å²) in [5.41, 5.74) is 0.636. The first-order valence-corrected chi connectivity index (χ1v) is 6.36. The quantitative estimate of drug-likeness (QED) is 0.763. The maximum absolute atomic E-state index is 13.7. The fourth-order valence-corrected chi connectivity index (χ4v) is 2.26. The largest absolute Gasteiger partial charge is 0.510 e. The second-order valence-corrected chi connectivity index (χ2v) is 5.29. The Morgan fingerprint density at radius 2 is 2.32 bits per heavy atom. The number of hydrogen-bond acceptors (Lipinski definition) is 2. The molecule has 0 aromatic carbocycles. The van der Waals surface area contributed by atoms with Crippen LogP contribution in [-0.4, -0.2) is 16.8 Å². The maximum atomic E-state index is 13.7. The van der Waals surface area contributed by atoms with Crippen LogP contribution in [0.2, 0.25) is 0 Å². The van der Waals surface area contributed by atoms with E-state index in [1.54, 1.807) is 6.92 Å². The van der Waals surface area contributed by atoms with Gasteiger partial charge in [0, 0.05) is 5.92 Å². The lowest BCUT2D eigenvalue weighted by Gasteiger charge is -2.28. The van der Waals surface area contributed by atoms with E-state index in [1.807, 2.05) is 0 Å². The molecular weight excluding hydrogens is 274 g/mol. The molecule has 0 heterocycles. The molecule has 1 aliphatic rings. The molecule has 0 radical (unpaired) electrons. The van der Waals surface area contributed by atoms with Crippen molar-refractivity contribution in [2.75, 3.05) is 0 Å². The van der Waals surface area contributed by atoms with E-state index in [1.165, 1.54) is 13.0 Å². The number of carbonyl (C=O) groups is 1. The van der Waals surface area contributed by atoms with Crippen molar-refractivity contribution in [1.29, 1.82) is 0 Å². The monoisotopic (exact) mass is 290 g/mol. The van der Waals surface area contributed by atoms with Gasteiger partial charge in [0.2, 0.25) is 0 Å². The van der Waals surface area contributed by atoms with Gasteiger partial charge in [-0.1, -0.05) is 30.7 Å². The average molecular weight is 291 g/mol. The minimum atomic E-state index is -3.23. The van der Waals surface area contributed by atoms with Crippen LogP contribution in [0.15, 0.2) is 35.1 Å². The normalized spacial score (nSPS) is 21.9. The lowest BCUT2D eigenvalue weighted by molar-refractivity contribution is -0.120. The Labute approximate surface area is 116 Å². The molecular formula is C14H17ClF2O2. The van der Waals surface area contributed by atoms with Crippen molar-refractivity contribution in [2.24, 2.45) is 11.8 Å². The van der Waals surface area contributed by atoms with Crippen LogP contribution in [0.1, 0.15) is 26.7 Å². The SMILES string of the molecule is C=CC(F)(F)C1CC(C[C@@H](C)C(C)=O)=CC(Cl)=C1O. The van der Waals surface area contributed by atoms with Crippen LogP contribution >= 0.6 is 11.6 Å². The summed E-state index contributed by atoms with van der Waals surface area (Å²) in [6.45, 7) is 6.27. The molecule has 1 N–H and O–H groups in total. The highest BCUT2D eigenvalue weighted by Gasteiger charge is 2.42. The van der Waals surface area contributed by atoms with Gasteiger partial charge in [0.15, 0.2) is 0 Å². The molecule has 1 unspecified atom stereocenters. The number of ketones is 1. The van der Waals surface area contributed by atoms with Crippen LogP contribution in [-0.2, 0) is 4.79 Å². The zero-order chi connectivity index (χ0) is 14.8. The fraction of sp³-hybridized carbons (Fsp3) is 0.500. The summed E-state index contributed by atoms with van der Waals surface area (Å²) >= 11 is 5.78. The van der Waals surface area contributed by atoms with Gasteiger partial charge in [0.05, 0.1) is 11.0 Å². The number of hydrogen-bond donors (Lipinski definition) is 1. The summed E-state index contributed by atoms with van der Waals surface area (Å²) in [4.78, 5) is 11.2. The molecule has 0 fully saturated rings. The van der Waals surface area contributed by atoms with Gasteiger partial charge < -0.3 is 5.11 Å². The van der Waals surface area contributed by atoms with E-state index in [0.29, 0.717) is 18.1 Å². The molecule has 19 heavy (non-hydrogen) atoms. The Hall–Kier alpha value is -1.16. The molecule has 0 aromatic heterocycles. The van der Waals surface area contributed by atoms with Crippen molar-refractivity contribution in [3.63, 3.8) is 0 Å². The first-order chi connectivity index (χ1) is 8.69. The van der Waals surface area contributed by atoms with E-state index in [0.717, 1.165) is 0 Å². The molecule has 0 amide bonds. The van der Waals surface area contributed by atoms with Crippen molar-refractivity contribution < 1.29 is 18.7 Å². The summed E-state index contributed by atoms with van der Waals surface area (Å²) in [5.74, 6) is -5.43. The summed E-state index contributed by atoms with van der Waals surface area (Å²) in [6, 6.07) is 0. The second-order valence-electron chi connectivity index (χ2n) is 4.89. The molecule has 0 aromatic rings. The maximum Gasteiger partial charge on any atom is 0.276 e. The average Bonchev–Trinajstić information content (AvgIpc) is 2.33. The zero-order valence-electron chi connectivity index (χ0n) is 10.9. The molecule has 0 aliphatic heterocycles. The fourth-order valence-electron chi connectivity index (χ4n) is 1.98. The molecule has 106 valence electrons. The Morgan fingerprint density at radius 3 is 2.79 bits per heavy atom. The number of aliphatic hydroxyl groups excluding tert-OH is 1. The Balaban J connectivity index is 2.98. The topological polar surface area (TPSA) is 37.3 Å². The van der Waals surface area contributed by atoms with E-state index >= 15 is 0 Å². The molecule has 0 saturated carbocycles. The third kappa shape index (κ3) is 3.66. The van der Waals surface area contributed by atoms with Crippen molar-refractivity contribution in [1.82, 2.24) is 0 Å². The number of halogens is 3. The number of Topliss-reactive ketones (excluding diaryl/α,β-unsaturated/α-hetero) is 1. The Kier molecular flexibility index (Phi) is 4.91. The summed E-state index contributed by atoms with van der Waals surface area (Å²) < 4.78 is 27.3. The van der Waals surface area contributed by atoms with E-state index in [4.69, 9.17) is 11.6 Å². The molecule has 2 atom stereocenters. The third-order valence-electron chi connectivity index (χ3n) is 3.37. The number of alkyl halides is 2. The predicted molar refractivity (Wildman–Crippen MR) is 71.3 cm³/mol. The summed E-state index contributed by atoms with van der Waals surface area (Å²) in [5, 5.41) is 9.58. The van der Waals surface area contributed by atoms with E-state index in [2.05, 4.69) is 6.58 Å². The van der Waals surface area contributed by atoms with Crippen LogP contribution in [0.25, 0.3) is 0 Å². The minimum Gasteiger partial charge on any atom is -0.510 e. The van der Waals surface area contributed by atoms with Gasteiger partial charge >= 0.3 is 0 Å².